The van der Waals surface area contributed by atoms with Crippen molar-refractivity contribution >= 4 is 56.3 Å². The zero-order chi connectivity index (χ0) is 17.6. The van der Waals surface area contributed by atoms with E-state index in [1.165, 1.54) is 6.20 Å². The number of nitrogens with zero attached hydrogens (tertiary/aromatic N) is 3. The van der Waals surface area contributed by atoms with Crippen LogP contribution in [-0.4, -0.2) is 35.0 Å². The Bertz CT molecular complexity index is 968. The van der Waals surface area contributed by atoms with E-state index in [2.05, 4.69) is 20.2 Å². The van der Waals surface area contributed by atoms with Gasteiger partial charge in [0, 0.05) is 30.9 Å². The number of benzene rings is 1. The molecule has 3 heterocycles. The number of nitrogens with one attached hydrogen (secondary N) is 1. The number of aromatic nitrogens is 2. The molecular weight excluding hydrogens is 379 g/mol. The first kappa shape index (κ1) is 16.6. The van der Waals surface area contributed by atoms with Crippen LogP contribution in [0.15, 0.2) is 30.5 Å². The Balaban J connectivity index is 1.41. The lowest BCUT2D eigenvalue weighted by Gasteiger charge is -2.41. The molecule has 3 aromatic rings. The van der Waals surface area contributed by atoms with Crippen LogP contribution in [0.2, 0.25) is 10.2 Å². The Kier molecular flexibility index (Phi) is 4.27. The molecule has 0 saturated carbocycles. The molecule has 1 fully saturated rings. The quantitative estimate of drug-likeness (QED) is 0.686. The van der Waals surface area contributed by atoms with E-state index in [9.17, 15) is 4.79 Å². The van der Waals surface area contributed by atoms with Crippen LogP contribution in [0.25, 0.3) is 10.2 Å². The Morgan fingerprint density at radius 1 is 1.32 bits per heavy atom. The number of rotatable bonds is 3. The summed E-state index contributed by atoms with van der Waals surface area (Å²) in [6.07, 6.45) is 1.54. The van der Waals surface area contributed by atoms with Crippen LogP contribution < -0.4 is 10.2 Å². The van der Waals surface area contributed by atoms with Gasteiger partial charge in [-0.15, -0.1) is 11.3 Å². The highest BCUT2D eigenvalue weighted by Crippen LogP contribution is 2.30. The molecule has 1 aromatic carbocycles. The summed E-state index contributed by atoms with van der Waals surface area (Å²) >= 11 is 13.7. The largest absolute Gasteiger partial charge is 0.366 e. The van der Waals surface area contributed by atoms with Crippen LogP contribution in [0.1, 0.15) is 15.4 Å². The maximum Gasteiger partial charge on any atom is 0.251 e. The molecule has 1 saturated heterocycles. The molecule has 4 rings (SSSR count). The monoisotopic (exact) mass is 392 g/mol. The molecule has 0 bridgehead atoms. The third-order valence-electron chi connectivity index (χ3n) is 4.12. The first-order chi connectivity index (χ1) is 12.0. The van der Waals surface area contributed by atoms with Crippen molar-refractivity contribution in [3.05, 3.63) is 51.2 Å². The number of pyridine rings is 1. The minimum absolute atomic E-state index is 0.0726. The molecule has 8 heteroatoms. The summed E-state index contributed by atoms with van der Waals surface area (Å²) < 4.78 is 1.09. The first-order valence-electron chi connectivity index (χ1n) is 7.73. The van der Waals surface area contributed by atoms with E-state index in [0.29, 0.717) is 28.8 Å². The fourth-order valence-electron chi connectivity index (χ4n) is 2.87. The number of anilines is 1. The number of halogens is 2. The lowest BCUT2D eigenvalue weighted by molar-refractivity contribution is 0.0930. The maximum absolute atomic E-state index is 12.5. The molecule has 0 atom stereocenters. The molecule has 0 spiro atoms. The molecule has 1 amide bonds. The molecule has 1 aliphatic rings. The molecule has 2 aromatic heterocycles. The van der Waals surface area contributed by atoms with E-state index in [0.717, 1.165) is 20.9 Å². The van der Waals surface area contributed by atoms with Crippen molar-refractivity contribution in [2.45, 2.75) is 13.0 Å². The van der Waals surface area contributed by atoms with E-state index in [1.807, 2.05) is 25.1 Å². The van der Waals surface area contributed by atoms with Gasteiger partial charge in [-0.2, -0.15) is 0 Å². The number of amides is 1. The maximum atomic E-state index is 12.5. The van der Waals surface area contributed by atoms with Crippen LogP contribution in [-0.2, 0) is 0 Å². The van der Waals surface area contributed by atoms with Crippen molar-refractivity contribution in [2.75, 3.05) is 18.0 Å². The topological polar surface area (TPSA) is 58.1 Å². The van der Waals surface area contributed by atoms with Gasteiger partial charge in [0.15, 0.2) is 0 Å². The highest BCUT2D eigenvalue weighted by atomic mass is 35.5. The van der Waals surface area contributed by atoms with E-state index in [1.54, 1.807) is 17.4 Å². The standard InChI is InChI=1S/C17H14Cl2N4OS/c1-9-21-13-4-10(2-3-15(13)25-9)17(24)22-11-7-23(8-11)14-5-16(19)20-6-12(14)18/h2-6,11H,7-8H2,1H3,(H,22,24). The van der Waals surface area contributed by atoms with Gasteiger partial charge in [0.2, 0.25) is 0 Å². The number of hydrogen-bond acceptors (Lipinski definition) is 5. The number of carbonyl (C=O) groups is 1. The average Bonchev–Trinajstić information content (AvgIpc) is 2.92. The summed E-state index contributed by atoms with van der Waals surface area (Å²) in [6.45, 7) is 3.33. The van der Waals surface area contributed by atoms with Crippen LogP contribution in [0.4, 0.5) is 5.69 Å². The van der Waals surface area contributed by atoms with Crippen molar-refractivity contribution in [3.8, 4) is 0 Å². The van der Waals surface area contributed by atoms with E-state index < -0.39 is 0 Å². The summed E-state index contributed by atoms with van der Waals surface area (Å²) in [5.41, 5.74) is 2.33. The summed E-state index contributed by atoms with van der Waals surface area (Å²) in [7, 11) is 0. The highest BCUT2D eigenvalue weighted by Gasteiger charge is 2.30. The highest BCUT2D eigenvalue weighted by molar-refractivity contribution is 7.18. The van der Waals surface area contributed by atoms with Gasteiger partial charge in [0.1, 0.15) is 5.15 Å². The normalized spacial score (nSPS) is 14.6. The Hall–Kier alpha value is -1.89. The van der Waals surface area contributed by atoms with Crippen molar-refractivity contribution < 1.29 is 4.79 Å². The van der Waals surface area contributed by atoms with Gasteiger partial charge in [-0.05, 0) is 25.1 Å². The number of thiazole rings is 1. The van der Waals surface area contributed by atoms with E-state index >= 15 is 0 Å². The van der Waals surface area contributed by atoms with Gasteiger partial charge < -0.3 is 10.2 Å². The third-order valence-corrected chi connectivity index (χ3v) is 5.57. The number of aryl methyl sites for hydroxylation is 1. The second-order valence-corrected chi connectivity index (χ2v) is 7.98. The predicted octanol–water partition coefficient (Wildman–Crippen LogP) is 3.93. The predicted molar refractivity (Wildman–Crippen MR) is 102 cm³/mol. The van der Waals surface area contributed by atoms with Gasteiger partial charge in [-0.3, -0.25) is 4.79 Å². The van der Waals surface area contributed by atoms with Gasteiger partial charge in [-0.25, -0.2) is 9.97 Å². The fourth-order valence-corrected chi connectivity index (χ4v) is 4.05. The molecular formula is C17H14Cl2N4OS. The molecule has 25 heavy (non-hydrogen) atoms. The third kappa shape index (κ3) is 3.29. The average molecular weight is 393 g/mol. The van der Waals surface area contributed by atoms with Crippen LogP contribution in [0.5, 0.6) is 0 Å². The van der Waals surface area contributed by atoms with Crippen molar-refractivity contribution in [2.24, 2.45) is 0 Å². The zero-order valence-corrected chi connectivity index (χ0v) is 15.6. The number of fused-ring (bicyclic) bond motifs is 1. The Labute approximate surface area is 158 Å². The molecule has 0 aliphatic carbocycles. The molecule has 0 radical (unpaired) electrons. The number of hydrogen-bond donors (Lipinski definition) is 1. The van der Waals surface area contributed by atoms with E-state index in [-0.39, 0.29) is 11.9 Å². The fraction of sp³-hybridized carbons (Fsp3) is 0.235. The Morgan fingerprint density at radius 3 is 2.92 bits per heavy atom. The van der Waals surface area contributed by atoms with Gasteiger partial charge in [0.05, 0.1) is 32.0 Å². The lowest BCUT2D eigenvalue weighted by Crippen LogP contribution is -2.59. The van der Waals surface area contributed by atoms with Gasteiger partial charge in [0.25, 0.3) is 5.91 Å². The molecule has 0 unspecified atom stereocenters. The van der Waals surface area contributed by atoms with Crippen molar-refractivity contribution in [1.29, 1.82) is 0 Å². The zero-order valence-electron chi connectivity index (χ0n) is 13.3. The van der Waals surface area contributed by atoms with Crippen LogP contribution in [0.3, 0.4) is 0 Å². The summed E-state index contributed by atoms with van der Waals surface area (Å²) in [4.78, 5) is 22.9. The summed E-state index contributed by atoms with van der Waals surface area (Å²) in [5.74, 6) is -0.0870. The molecule has 1 aliphatic heterocycles. The smallest absolute Gasteiger partial charge is 0.251 e. The van der Waals surface area contributed by atoms with E-state index in [4.69, 9.17) is 23.2 Å². The summed E-state index contributed by atoms with van der Waals surface area (Å²) in [5, 5.41) is 4.99. The van der Waals surface area contributed by atoms with Gasteiger partial charge in [-0.1, -0.05) is 23.2 Å². The van der Waals surface area contributed by atoms with Gasteiger partial charge >= 0.3 is 0 Å². The molecule has 5 nitrogen and oxygen atoms in total. The second kappa shape index (κ2) is 6.44. The number of carbonyl (C=O) groups excluding carboxylic acids is 1. The minimum Gasteiger partial charge on any atom is -0.366 e. The summed E-state index contributed by atoms with van der Waals surface area (Å²) in [6, 6.07) is 7.43. The first-order valence-corrected chi connectivity index (χ1v) is 9.31. The molecule has 1 N–H and O–H groups in total. The minimum atomic E-state index is -0.0870. The molecule has 128 valence electrons. The second-order valence-electron chi connectivity index (χ2n) is 5.95. The SMILES string of the molecule is Cc1nc2cc(C(=O)NC3CN(c4cc(Cl)ncc4Cl)C3)ccc2s1. The van der Waals surface area contributed by atoms with Crippen molar-refractivity contribution in [3.63, 3.8) is 0 Å². The Morgan fingerprint density at radius 2 is 2.12 bits per heavy atom. The van der Waals surface area contributed by atoms with Crippen molar-refractivity contribution in [1.82, 2.24) is 15.3 Å². The van der Waals surface area contributed by atoms with Crippen LogP contribution in [0, 0.1) is 6.92 Å². The van der Waals surface area contributed by atoms with Crippen LogP contribution >= 0.6 is 34.5 Å². The lowest BCUT2D eigenvalue weighted by atomic mass is 10.1.